The molecule has 252 valence electrons. The summed E-state index contributed by atoms with van der Waals surface area (Å²) in [5.74, 6) is 0. The average molecular weight is 704 g/mol. The predicted molar refractivity (Wildman–Crippen MR) is 235 cm³/mol. The van der Waals surface area contributed by atoms with Crippen molar-refractivity contribution in [2.45, 2.75) is 0 Å². The van der Waals surface area contributed by atoms with Crippen LogP contribution in [0.25, 0.3) is 85.5 Å². The Morgan fingerprint density at radius 1 is 0.278 bits per heavy atom. The summed E-state index contributed by atoms with van der Waals surface area (Å²) in [6.45, 7) is 0. The molecule has 0 atom stereocenters. The van der Waals surface area contributed by atoms with Crippen molar-refractivity contribution in [1.82, 2.24) is 0 Å². The van der Waals surface area contributed by atoms with Crippen LogP contribution in [0.3, 0.4) is 0 Å². The van der Waals surface area contributed by atoms with Crippen molar-refractivity contribution in [2.24, 2.45) is 0 Å². The highest BCUT2D eigenvalue weighted by Gasteiger charge is 2.16. The Bertz CT molecular complexity index is 3210. The Hall–Kier alpha value is -6.74. The molecule has 0 bridgehead atoms. The number of rotatable bonds is 5. The zero-order valence-electron chi connectivity index (χ0n) is 29.4. The van der Waals surface area contributed by atoms with Crippen molar-refractivity contribution in [3.8, 4) is 22.3 Å². The Labute approximate surface area is 317 Å². The van der Waals surface area contributed by atoms with Crippen molar-refractivity contribution in [2.75, 3.05) is 4.90 Å². The third kappa shape index (κ3) is 5.07. The van der Waals surface area contributed by atoms with E-state index in [1.807, 2.05) is 11.3 Å². The quantitative estimate of drug-likeness (QED) is 0.161. The number of anilines is 3. The van der Waals surface area contributed by atoms with Crippen LogP contribution >= 0.6 is 11.3 Å². The van der Waals surface area contributed by atoms with E-state index >= 15 is 0 Å². The molecule has 1 heterocycles. The summed E-state index contributed by atoms with van der Waals surface area (Å²) in [6, 6.07) is 73.6. The molecule has 1 nitrogen and oxygen atoms in total. The van der Waals surface area contributed by atoms with Crippen molar-refractivity contribution in [3.05, 3.63) is 200 Å². The van der Waals surface area contributed by atoms with E-state index in [4.69, 9.17) is 0 Å². The highest BCUT2D eigenvalue weighted by Crippen LogP contribution is 2.41. The van der Waals surface area contributed by atoms with Gasteiger partial charge >= 0.3 is 0 Å². The first-order chi connectivity index (χ1) is 26.7. The monoisotopic (exact) mass is 703 g/mol. The molecule has 1 aromatic heterocycles. The summed E-state index contributed by atoms with van der Waals surface area (Å²) < 4.78 is 2.66. The molecule has 0 aliphatic rings. The van der Waals surface area contributed by atoms with Crippen molar-refractivity contribution in [3.63, 3.8) is 0 Å². The molecular weight excluding hydrogens is 671 g/mol. The fraction of sp³-hybridized carbons (Fsp3) is 0. The fourth-order valence-electron chi connectivity index (χ4n) is 8.37. The summed E-state index contributed by atoms with van der Waals surface area (Å²) >= 11 is 1.86. The number of thiophene rings is 1. The van der Waals surface area contributed by atoms with Crippen LogP contribution in [0.1, 0.15) is 0 Å². The molecule has 0 fully saturated rings. The van der Waals surface area contributed by atoms with Gasteiger partial charge < -0.3 is 4.90 Å². The zero-order valence-corrected chi connectivity index (χ0v) is 30.2. The van der Waals surface area contributed by atoms with Crippen LogP contribution < -0.4 is 4.90 Å². The Kier molecular flexibility index (Phi) is 7.11. The van der Waals surface area contributed by atoms with Gasteiger partial charge in [-0.3, -0.25) is 0 Å². The molecule has 0 radical (unpaired) electrons. The van der Waals surface area contributed by atoms with E-state index in [1.54, 1.807) is 0 Å². The molecule has 0 unspecified atom stereocenters. The summed E-state index contributed by atoms with van der Waals surface area (Å²) in [4.78, 5) is 2.39. The van der Waals surface area contributed by atoms with Gasteiger partial charge in [0.2, 0.25) is 0 Å². The third-order valence-electron chi connectivity index (χ3n) is 11.0. The summed E-state index contributed by atoms with van der Waals surface area (Å²) in [5, 5.41) is 12.8. The molecular formula is C52H33NS. The molecule has 10 aromatic carbocycles. The molecule has 0 saturated heterocycles. The van der Waals surface area contributed by atoms with Crippen LogP contribution in [0.5, 0.6) is 0 Å². The van der Waals surface area contributed by atoms with Crippen LogP contribution in [0.4, 0.5) is 17.1 Å². The van der Waals surface area contributed by atoms with Gasteiger partial charge in [0.15, 0.2) is 0 Å². The third-order valence-corrected chi connectivity index (χ3v) is 12.2. The lowest BCUT2D eigenvalue weighted by molar-refractivity contribution is 1.29. The normalized spacial score (nSPS) is 11.7. The Morgan fingerprint density at radius 3 is 1.57 bits per heavy atom. The highest BCUT2D eigenvalue weighted by atomic mass is 32.1. The minimum Gasteiger partial charge on any atom is -0.310 e. The summed E-state index contributed by atoms with van der Waals surface area (Å²) in [7, 11) is 0. The zero-order chi connectivity index (χ0) is 35.6. The van der Waals surface area contributed by atoms with Gasteiger partial charge in [0.05, 0.1) is 0 Å². The lowest BCUT2D eigenvalue weighted by Gasteiger charge is -2.26. The average Bonchev–Trinajstić information content (AvgIpc) is 3.62. The predicted octanol–water partition coefficient (Wildman–Crippen LogP) is 15.5. The summed E-state index contributed by atoms with van der Waals surface area (Å²) in [6.07, 6.45) is 0. The lowest BCUT2D eigenvalue weighted by Crippen LogP contribution is -2.09. The molecule has 0 saturated carbocycles. The molecule has 2 heteroatoms. The fourth-order valence-corrected chi connectivity index (χ4v) is 9.45. The van der Waals surface area contributed by atoms with Gasteiger partial charge in [0.25, 0.3) is 0 Å². The second kappa shape index (κ2) is 12.4. The maximum Gasteiger partial charge on any atom is 0.0468 e. The molecule has 54 heavy (non-hydrogen) atoms. The second-order valence-corrected chi connectivity index (χ2v) is 15.2. The van der Waals surface area contributed by atoms with E-state index in [0.717, 1.165) is 17.1 Å². The molecule has 0 N–H and O–H groups in total. The van der Waals surface area contributed by atoms with E-state index in [1.165, 1.54) is 85.5 Å². The van der Waals surface area contributed by atoms with E-state index in [0.29, 0.717) is 0 Å². The van der Waals surface area contributed by atoms with Crippen LogP contribution in [0.2, 0.25) is 0 Å². The molecule has 0 aliphatic heterocycles. The SMILES string of the molecule is c1ccc2c(c1)ccc1ccc(N(c3ccc(-c4ccc5sc6ccccc6c5c4)cc3)c3ccc(-c4cccc5c4ccc4ccccc45)cc3)cc12. The topological polar surface area (TPSA) is 3.24 Å². The van der Waals surface area contributed by atoms with Gasteiger partial charge in [-0.25, -0.2) is 0 Å². The van der Waals surface area contributed by atoms with Crippen molar-refractivity contribution >= 4 is 91.7 Å². The van der Waals surface area contributed by atoms with Gasteiger partial charge in [-0.05, 0) is 120 Å². The standard InChI is InChI=1S/C52H33NS/c1-3-10-43-36(9-1)23-30-47-44(13-7-14-46(43)47)37-20-27-41(28-21-37)53(42-29-22-38-17-16-35-8-2-4-11-45(35)49(38)33-42)40-25-18-34(19-26-40)39-24-31-52-50(32-39)48-12-5-6-15-51(48)54-52/h1-33H. The first-order valence-electron chi connectivity index (χ1n) is 18.5. The Morgan fingerprint density at radius 2 is 0.815 bits per heavy atom. The van der Waals surface area contributed by atoms with Gasteiger partial charge in [0.1, 0.15) is 0 Å². The van der Waals surface area contributed by atoms with Crippen LogP contribution in [-0.2, 0) is 0 Å². The second-order valence-electron chi connectivity index (χ2n) is 14.1. The van der Waals surface area contributed by atoms with Gasteiger partial charge in [0, 0.05) is 37.2 Å². The smallest absolute Gasteiger partial charge is 0.0468 e. The maximum absolute atomic E-state index is 2.39. The highest BCUT2D eigenvalue weighted by molar-refractivity contribution is 7.25. The number of hydrogen-bond donors (Lipinski definition) is 0. The van der Waals surface area contributed by atoms with Crippen LogP contribution in [0, 0.1) is 0 Å². The van der Waals surface area contributed by atoms with Crippen LogP contribution in [-0.4, -0.2) is 0 Å². The number of nitrogens with zero attached hydrogens (tertiary/aromatic N) is 1. The van der Waals surface area contributed by atoms with Crippen molar-refractivity contribution < 1.29 is 0 Å². The van der Waals surface area contributed by atoms with Crippen molar-refractivity contribution in [1.29, 1.82) is 0 Å². The number of benzene rings is 10. The minimum absolute atomic E-state index is 1.11. The number of hydrogen-bond acceptors (Lipinski definition) is 2. The molecule has 0 aliphatic carbocycles. The minimum atomic E-state index is 1.11. The van der Waals surface area contributed by atoms with Gasteiger partial charge in [-0.2, -0.15) is 0 Å². The maximum atomic E-state index is 2.39. The Balaban J connectivity index is 1.03. The number of fused-ring (bicyclic) bond motifs is 9. The van der Waals surface area contributed by atoms with Crippen LogP contribution in [0.15, 0.2) is 200 Å². The summed E-state index contributed by atoms with van der Waals surface area (Å²) in [5.41, 5.74) is 8.24. The largest absolute Gasteiger partial charge is 0.310 e. The lowest BCUT2D eigenvalue weighted by atomic mass is 9.94. The molecule has 11 rings (SSSR count). The van der Waals surface area contributed by atoms with Gasteiger partial charge in [-0.15, -0.1) is 11.3 Å². The van der Waals surface area contributed by atoms with E-state index in [9.17, 15) is 0 Å². The first-order valence-corrected chi connectivity index (χ1v) is 19.3. The molecule has 11 aromatic rings. The first kappa shape index (κ1) is 30.8. The molecule has 0 amide bonds. The van der Waals surface area contributed by atoms with E-state index < -0.39 is 0 Å². The van der Waals surface area contributed by atoms with E-state index in [-0.39, 0.29) is 0 Å². The van der Waals surface area contributed by atoms with Gasteiger partial charge in [-0.1, -0.05) is 146 Å². The van der Waals surface area contributed by atoms with E-state index in [2.05, 4.69) is 205 Å². The molecule has 0 spiro atoms.